The molecule has 168 valence electrons. The largest absolute Gasteiger partial charge is 0.493 e. The van der Waals surface area contributed by atoms with E-state index in [2.05, 4.69) is 54.7 Å². The monoisotopic (exact) mass is 425 g/mol. The van der Waals surface area contributed by atoms with E-state index in [1.54, 1.807) is 0 Å². The van der Waals surface area contributed by atoms with Crippen molar-refractivity contribution in [2.24, 2.45) is 5.92 Å². The molecule has 0 spiro atoms. The predicted molar refractivity (Wildman–Crippen MR) is 125 cm³/mol. The number of benzene rings is 2. The van der Waals surface area contributed by atoms with Gasteiger partial charge in [0.1, 0.15) is 11.6 Å². The summed E-state index contributed by atoms with van der Waals surface area (Å²) in [6.07, 6.45) is 2.20. The molecule has 1 fully saturated rings. The molecule has 0 aromatic heterocycles. The van der Waals surface area contributed by atoms with Crippen molar-refractivity contribution in [3.8, 4) is 5.75 Å². The van der Waals surface area contributed by atoms with E-state index in [0.717, 1.165) is 56.2 Å². The Labute approximate surface area is 186 Å². The molecule has 4 nitrogen and oxygen atoms in total. The third-order valence-electron chi connectivity index (χ3n) is 5.74. The molecule has 1 N–H and O–H groups in total. The van der Waals surface area contributed by atoms with Gasteiger partial charge in [-0.3, -0.25) is 0 Å². The van der Waals surface area contributed by atoms with Crippen LogP contribution in [-0.2, 0) is 13.1 Å². The average Bonchev–Trinajstić information content (AvgIpc) is 2.77. The van der Waals surface area contributed by atoms with E-state index < -0.39 is 0 Å². The van der Waals surface area contributed by atoms with Crippen LogP contribution in [0.15, 0.2) is 60.9 Å². The second kappa shape index (κ2) is 11.2. The van der Waals surface area contributed by atoms with E-state index in [0.29, 0.717) is 18.5 Å². The quantitative estimate of drug-likeness (QED) is 0.579. The Bertz CT molecular complexity index is 812. The zero-order chi connectivity index (χ0) is 22.2. The van der Waals surface area contributed by atoms with Crippen LogP contribution in [0, 0.1) is 11.7 Å². The van der Waals surface area contributed by atoms with Gasteiger partial charge in [-0.15, -0.1) is 0 Å². The first-order valence-corrected chi connectivity index (χ1v) is 11.2. The van der Waals surface area contributed by atoms with Gasteiger partial charge in [-0.1, -0.05) is 44.7 Å². The molecule has 0 amide bonds. The van der Waals surface area contributed by atoms with Gasteiger partial charge < -0.3 is 19.9 Å². The zero-order valence-corrected chi connectivity index (χ0v) is 19.1. The molecular formula is C26H36FN3O. The molecular weight excluding hydrogens is 389 g/mol. The molecule has 0 saturated carbocycles. The van der Waals surface area contributed by atoms with Crippen LogP contribution in [0.4, 0.5) is 4.39 Å². The second-order valence-corrected chi connectivity index (χ2v) is 8.94. The standard InChI is InChI=1S/C26H36FN3O/c1-20(2)19-31-26-11-7-22(8-12-26)17-28-21(3)30(25-13-15-29(4)16-14-25)18-23-5-9-24(27)10-6-23/h5-12,20,25,28H,3,13-19H2,1-2,4H3. The Morgan fingerprint density at radius 3 is 2.32 bits per heavy atom. The van der Waals surface area contributed by atoms with E-state index in [4.69, 9.17) is 4.74 Å². The number of nitrogens with one attached hydrogen (secondary N) is 1. The fraction of sp³-hybridized carbons (Fsp3) is 0.462. The molecule has 2 aromatic rings. The highest BCUT2D eigenvalue weighted by Gasteiger charge is 2.24. The highest BCUT2D eigenvalue weighted by Crippen LogP contribution is 2.22. The summed E-state index contributed by atoms with van der Waals surface area (Å²) in [7, 11) is 2.17. The molecule has 1 heterocycles. The van der Waals surface area contributed by atoms with Crippen molar-refractivity contribution < 1.29 is 9.13 Å². The molecule has 31 heavy (non-hydrogen) atoms. The summed E-state index contributed by atoms with van der Waals surface area (Å²) in [5.74, 6) is 2.13. The normalized spacial score (nSPS) is 15.1. The van der Waals surface area contributed by atoms with Crippen LogP contribution < -0.4 is 10.1 Å². The van der Waals surface area contributed by atoms with Gasteiger partial charge in [-0.05, 0) is 74.3 Å². The van der Waals surface area contributed by atoms with E-state index in [1.165, 1.54) is 17.7 Å². The van der Waals surface area contributed by atoms with Crippen molar-refractivity contribution in [3.05, 3.63) is 77.9 Å². The number of hydrogen-bond donors (Lipinski definition) is 1. The van der Waals surface area contributed by atoms with Crippen LogP contribution in [0.1, 0.15) is 37.8 Å². The van der Waals surface area contributed by atoms with Gasteiger partial charge >= 0.3 is 0 Å². The average molecular weight is 426 g/mol. The number of likely N-dealkylation sites (tertiary alicyclic amines) is 1. The number of ether oxygens (including phenoxy) is 1. The molecule has 1 aliphatic heterocycles. The van der Waals surface area contributed by atoms with Gasteiger partial charge in [0.15, 0.2) is 0 Å². The summed E-state index contributed by atoms with van der Waals surface area (Å²) < 4.78 is 19.1. The number of piperidine rings is 1. The summed E-state index contributed by atoms with van der Waals surface area (Å²) in [5, 5.41) is 3.51. The Kier molecular flexibility index (Phi) is 8.35. The number of halogens is 1. The maximum Gasteiger partial charge on any atom is 0.123 e. The van der Waals surface area contributed by atoms with Crippen LogP contribution in [0.3, 0.4) is 0 Å². The molecule has 3 rings (SSSR count). The van der Waals surface area contributed by atoms with Crippen molar-refractivity contribution in [1.82, 2.24) is 15.1 Å². The molecule has 2 aromatic carbocycles. The summed E-state index contributed by atoms with van der Waals surface area (Å²) >= 11 is 0. The van der Waals surface area contributed by atoms with E-state index >= 15 is 0 Å². The Morgan fingerprint density at radius 2 is 1.71 bits per heavy atom. The van der Waals surface area contributed by atoms with Crippen molar-refractivity contribution in [2.45, 2.75) is 45.8 Å². The van der Waals surface area contributed by atoms with E-state index in [1.807, 2.05) is 24.3 Å². The minimum absolute atomic E-state index is 0.202. The summed E-state index contributed by atoms with van der Waals surface area (Å²) in [4.78, 5) is 4.71. The van der Waals surface area contributed by atoms with Gasteiger partial charge in [0.05, 0.1) is 12.4 Å². The number of nitrogens with zero attached hydrogens (tertiary/aromatic N) is 2. The van der Waals surface area contributed by atoms with Crippen LogP contribution in [0.2, 0.25) is 0 Å². The first kappa shape index (κ1) is 23.1. The Balaban J connectivity index is 1.61. The van der Waals surface area contributed by atoms with Gasteiger partial charge in [-0.2, -0.15) is 0 Å². The lowest BCUT2D eigenvalue weighted by atomic mass is 10.0. The van der Waals surface area contributed by atoms with Crippen LogP contribution >= 0.6 is 0 Å². The maximum atomic E-state index is 13.3. The minimum atomic E-state index is -0.202. The number of hydrogen-bond acceptors (Lipinski definition) is 4. The first-order valence-electron chi connectivity index (χ1n) is 11.2. The molecule has 0 aliphatic carbocycles. The first-order chi connectivity index (χ1) is 14.9. The van der Waals surface area contributed by atoms with Crippen molar-refractivity contribution in [3.63, 3.8) is 0 Å². The van der Waals surface area contributed by atoms with Crippen LogP contribution in [0.5, 0.6) is 5.75 Å². The van der Waals surface area contributed by atoms with Crippen molar-refractivity contribution >= 4 is 0 Å². The number of rotatable bonds is 10. The van der Waals surface area contributed by atoms with Crippen molar-refractivity contribution in [1.29, 1.82) is 0 Å². The smallest absolute Gasteiger partial charge is 0.123 e. The molecule has 1 aliphatic rings. The second-order valence-electron chi connectivity index (χ2n) is 8.94. The third-order valence-corrected chi connectivity index (χ3v) is 5.74. The Hall–Kier alpha value is -2.53. The molecule has 5 heteroatoms. The van der Waals surface area contributed by atoms with Gasteiger partial charge in [0, 0.05) is 19.1 Å². The summed E-state index contributed by atoms with van der Waals surface area (Å²) in [6.45, 7) is 12.9. The SMILES string of the molecule is C=C(NCc1ccc(OCC(C)C)cc1)N(Cc1ccc(F)cc1)C1CCN(C)CC1. The van der Waals surface area contributed by atoms with Crippen molar-refractivity contribution in [2.75, 3.05) is 26.7 Å². The van der Waals surface area contributed by atoms with E-state index in [-0.39, 0.29) is 5.82 Å². The minimum Gasteiger partial charge on any atom is -0.493 e. The molecule has 0 unspecified atom stereocenters. The lowest BCUT2D eigenvalue weighted by Gasteiger charge is -2.40. The lowest BCUT2D eigenvalue weighted by Crippen LogP contribution is -2.45. The highest BCUT2D eigenvalue weighted by atomic mass is 19.1. The molecule has 0 atom stereocenters. The lowest BCUT2D eigenvalue weighted by molar-refractivity contribution is 0.138. The Morgan fingerprint density at radius 1 is 1.10 bits per heavy atom. The predicted octanol–water partition coefficient (Wildman–Crippen LogP) is 5.02. The fourth-order valence-electron chi connectivity index (χ4n) is 3.81. The maximum absolute atomic E-state index is 13.3. The van der Waals surface area contributed by atoms with Gasteiger partial charge in [-0.25, -0.2) is 4.39 Å². The topological polar surface area (TPSA) is 27.7 Å². The molecule has 0 bridgehead atoms. The van der Waals surface area contributed by atoms with Crippen LogP contribution in [-0.4, -0.2) is 42.6 Å². The van der Waals surface area contributed by atoms with Crippen LogP contribution in [0.25, 0.3) is 0 Å². The summed E-state index contributed by atoms with van der Waals surface area (Å²) in [6, 6.07) is 15.4. The van der Waals surface area contributed by atoms with E-state index in [9.17, 15) is 4.39 Å². The summed E-state index contributed by atoms with van der Waals surface area (Å²) in [5.41, 5.74) is 2.28. The third kappa shape index (κ3) is 7.28. The highest BCUT2D eigenvalue weighted by molar-refractivity contribution is 5.27. The molecule has 1 saturated heterocycles. The fourth-order valence-corrected chi connectivity index (χ4v) is 3.81. The van der Waals surface area contributed by atoms with Gasteiger partial charge in [0.2, 0.25) is 0 Å². The van der Waals surface area contributed by atoms with Gasteiger partial charge in [0.25, 0.3) is 0 Å². The zero-order valence-electron chi connectivity index (χ0n) is 19.1. The molecule has 0 radical (unpaired) electrons.